The standard InChI is InChI=1S/C60H76F3N11O11/c1-37(2)53(70-50(76)14-8-5-9-26-73-51(77)21-22-52(73)78)57(80)69-48(13-10-25-65-58(64)81)56(79)67-44-18-15-40(16-19-44)36-85-60(83)72-31-42(47(63)33-72)32-74(59(82)66-38(3)35-75)54(41-23-27-84-28-24-41)55-68-49(45-29-43(61)17-20-46(45)62)34-71(55)30-39-11-6-4-7-12-39/h4,6-7,11-12,15-22,29,34,37-38,41-42,47-48,53-54,75H,5,8-10,13-14,23-28,30-33,35-36H2,1-3H3,(H,66,82)(H,67,79)(H,69,80)(H,70,76)(H3,64,65,81)/t38-,42-,47-,48-,53-,54?/m0/s1. The lowest BCUT2D eigenvalue weighted by Gasteiger charge is -2.40. The summed E-state index contributed by atoms with van der Waals surface area (Å²) < 4.78 is 59.8. The zero-order valence-corrected chi connectivity index (χ0v) is 48.0. The molecule has 25 heteroatoms. The Bertz CT molecular complexity index is 2980. The average molecular weight is 1180 g/mol. The molecule has 0 spiro atoms. The van der Waals surface area contributed by atoms with Gasteiger partial charge in [0.25, 0.3) is 11.8 Å². The maximum Gasteiger partial charge on any atom is 0.410 e. The summed E-state index contributed by atoms with van der Waals surface area (Å²) in [5, 5.41) is 23.6. The largest absolute Gasteiger partial charge is 0.445 e. The molecule has 0 aliphatic carbocycles. The number of urea groups is 2. The first-order valence-corrected chi connectivity index (χ1v) is 28.7. The number of nitrogens with zero attached hydrogens (tertiary/aromatic N) is 5. The van der Waals surface area contributed by atoms with E-state index in [0.717, 1.165) is 28.7 Å². The van der Waals surface area contributed by atoms with Crippen LogP contribution in [-0.2, 0) is 46.6 Å². The smallest absolute Gasteiger partial charge is 0.410 e. The van der Waals surface area contributed by atoms with Crippen LogP contribution in [-0.4, -0.2) is 154 Å². The number of alkyl halides is 1. The number of aromatic nitrogens is 2. The number of imidazole rings is 1. The molecule has 6 atom stereocenters. The molecule has 1 aromatic heterocycles. The first-order chi connectivity index (χ1) is 40.8. The number of anilines is 1. The molecule has 7 rings (SSSR count). The van der Waals surface area contributed by atoms with Gasteiger partial charge in [0.1, 0.15) is 42.3 Å². The molecule has 1 unspecified atom stereocenters. The minimum absolute atomic E-state index is 0.0747. The fraction of sp³-hybridized carbons (Fsp3) is 0.483. The lowest BCUT2D eigenvalue weighted by atomic mass is 9.89. The Morgan fingerprint density at radius 2 is 1.58 bits per heavy atom. The Hall–Kier alpha value is -8.32. The van der Waals surface area contributed by atoms with Crippen LogP contribution in [0.2, 0.25) is 0 Å². The summed E-state index contributed by atoms with van der Waals surface area (Å²) in [6, 6.07) is 13.6. The van der Waals surface area contributed by atoms with Crippen molar-refractivity contribution in [1.82, 2.24) is 45.5 Å². The van der Waals surface area contributed by atoms with Gasteiger partial charge < -0.3 is 61.3 Å². The van der Waals surface area contributed by atoms with E-state index in [-0.39, 0.29) is 100 Å². The van der Waals surface area contributed by atoms with Crippen LogP contribution in [0.15, 0.2) is 91.1 Å². The summed E-state index contributed by atoms with van der Waals surface area (Å²) in [5.74, 6) is -5.03. The van der Waals surface area contributed by atoms with Gasteiger partial charge in [-0.2, -0.15) is 0 Å². The number of nitrogens with one attached hydrogen (secondary N) is 5. The normalized spacial score (nSPS) is 17.5. The molecule has 3 aliphatic rings. The van der Waals surface area contributed by atoms with Crippen molar-refractivity contribution in [2.75, 3.05) is 57.9 Å². The summed E-state index contributed by atoms with van der Waals surface area (Å²) in [6.07, 6.45) is 4.42. The molecule has 4 heterocycles. The molecule has 0 radical (unpaired) electrons. The van der Waals surface area contributed by atoms with Gasteiger partial charge in [-0.15, -0.1) is 0 Å². The molecule has 0 saturated carbocycles. The molecule has 3 aromatic carbocycles. The highest BCUT2D eigenvalue weighted by Crippen LogP contribution is 2.39. The number of nitrogens with two attached hydrogens (primary N) is 1. The number of imide groups is 1. The molecular weight excluding hydrogens is 1110 g/mol. The number of aliphatic hydroxyl groups is 1. The fourth-order valence-corrected chi connectivity index (χ4v) is 10.5. The van der Waals surface area contributed by atoms with Crippen LogP contribution >= 0.6 is 0 Å². The van der Waals surface area contributed by atoms with E-state index in [9.17, 15) is 47.9 Å². The number of carbonyl (C=O) groups excluding carboxylic acids is 8. The Labute approximate surface area is 491 Å². The SMILES string of the molecule is CC(C)[C@H](NC(=O)CCCCCN1C(=O)C=CC1=O)C(=O)N[C@@H](CCCNC(N)=O)C(=O)Nc1ccc(COC(=O)N2C[C@@H](CN(C(=O)N[C@@H](C)CO)C(c3nc(-c4cc(F)ccc4F)cn3Cc3ccccc3)C3CCOCC3)[C@@H](F)C2)cc1. The molecule has 8 N–H and O–H groups in total. The molecule has 458 valence electrons. The Kier molecular flexibility index (Phi) is 23.4. The summed E-state index contributed by atoms with van der Waals surface area (Å²) in [6.45, 7) is 5.01. The average Bonchev–Trinajstić information content (AvgIpc) is 2.07. The van der Waals surface area contributed by atoms with Gasteiger partial charge >= 0.3 is 18.2 Å². The van der Waals surface area contributed by atoms with Gasteiger partial charge in [-0.3, -0.25) is 28.9 Å². The molecule has 2 fully saturated rings. The van der Waals surface area contributed by atoms with Crippen LogP contribution in [0.1, 0.15) is 95.1 Å². The summed E-state index contributed by atoms with van der Waals surface area (Å²) in [7, 11) is 0. The van der Waals surface area contributed by atoms with Crippen LogP contribution in [0, 0.1) is 29.4 Å². The van der Waals surface area contributed by atoms with Gasteiger partial charge in [0.05, 0.1) is 30.9 Å². The number of unbranched alkanes of at least 4 members (excludes halogenated alkanes) is 2. The molecule has 2 saturated heterocycles. The van der Waals surface area contributed by atoms with Gasteiger partial charge in [-0.25, -0.2) is 32.5 Å². The van der Waals surface area contributed by atoms with Crippen LogP contribution in [0.3, 0.4) is 0 Å². The first kappa shape index (κ1) is 64.2. The number of aliphatic hydroxyl groups excluding tert-OH is 1. The number of amides is 10. The number of primary amides is 1. The number of likely N-dealkylation sites (tertiary alicyclic amines) is 1. The van der Waals surface area contributed by atoms with Gasteiger partial charge in [-0.05, 0) is 98.7 Å². The van der Waals surface area contributed by atoms with Crippen molar-refractivity contribution < 1.29 is 66.1 Å². The van der Waals surface area contributed by atoms with Crippen molar-refractivity contribution in [3.05, 3.63) is 120 Å². The number of hydrogen-bond donors (Lipinski definition) is 7. The number of halogens is 3. The van der Waals surface area contributed by atoms with E-state index in [2.05, 4.69) is 26.6 Å². The summed E-state index contributed by atoms with van der Waals surface area (Å²) >= 11 is 0. The molecule has 4 aromatic rings. The second kappa shape index (κ2) is 31.0. The number of hydrogen-bond acceptors (Lipinski definition) is 12. The zero-order chi connectivity index (χ0) is 61.2. The predicted molar refractivity (Wildman–Crippen MR) is 306 cm³/mol. The Balaban J connectivity index is 0.991. The highest BCUT2D eigenvalue weighted by molar-refractivity contribution is 6.12. The second-order valence-electron chi connectivity index (χ2n) is 22.0. The maximum absolute atomic E-state index is 16.5. The van der Waals surface area contributed by atoms with Gasteiger partial charge in [0, 0.05) is 87.9 Å². The highest BCUT2D eigenvalue weighted by Gasteiger charge is 2.43. The first-order valence-electron chi connectivity index (χ1n) is 28.7. The van der Waals surface area contributed by atoms with Crippen molar-refractivity contribution in [3.8, 4) is 11.3 Å². The van der Waals surface area contributed by atoms with Gasteiger partial charge in [-0.1, -0.05) is 62.7 Å². The number of ether oxygens (including phenoxy) is 2. The molecule has 3 aliphatic heterocycles. The van der Waals surface area contributed by atoms with E-state index >= 15 is 8.78 Å². The highest BCUT2D eigenvalue weighted by atomic mass is 19.1. The molecule has 10 amide bonds. The van der Waals surface area contributed by atoms with E-state index in [1.54, 1.807) is 55.8 Å². The zero-order valence-electron chi connectivity index (χ0n) is 48.0. The summed E-state index contributed by atoms with van der Waals surface area (Å²) in [5.41, 5.74) is 6.94. The number of rotatable bonds is 28. The van der Waals surface area contributed by atoms with Crippen LogP contribution in [0.4, 0.5) is 33.2 Å². The third kappa shape index (κ3) is 18.3. The number of benzene rings is 3. The van der Waals surface area contributed by atoms with Gasteiger partial charge in [0.15, 0.2) is 0 Å². The van der Waals surface area contributed by atoms with Gasteiger partial charge in [0.2, 0.25) is 17.7 Å². The van der Waals surface area contributed by atoms with E-state index in [1.807, 2.05) is 30.3 Å². The van der Waals surface area contributed by atoms with Crippen molar-refractivity contribution in [2.45, 2.75) is 116 Å². The van der Waals surface area contributed by atoms with Crippen molar-refractivity contribution >= 4 is 53.4 Å². The number of carbonyl (C=O) groups is 8. The van der Waals surface area contributed by atoms with Crippen molar-refractivity contribution in [3.63, 3.8) is 0 Å². The molecular formula is C60H76F3N11O11. The van der Waals surface area contributed by atoms with E-state index in [0.29, 0.717) is 62.4 Å². The summed E-state index contributed by atoms with van der Waals surface area (Å²) in [4.78, 5) is 113. The van der Waals surface area contributed by atoms with E-state index in [1.165, 1.54) is 22.0 Å². The van der Waals surface area contributed by atoms with Crippen LogP contribution in [0.25, 0.3) is 11.3 Å². The Morgan fingerprint density at radius 1 is 0.859 bits per heavy atom. The maximum atomic E-state index is 16.5. The molecule has 85 heavy (non-hydrogen) atoms. The predicted octanol–water partition coefficient (Wildman–Crippen LogP) is 5.84. The van der Waals surface area contributed by atoms with Crippen molar-refractivity contribution in [2.24, 2.45) is 23.5 Å². The van der Waals surface area contributed by atoms with E-state index < -0.39 is 90.4 Å². The third-order valence-corrected chi connectivity index (χ3v) is 15.1. The monoisotopic (exact) mass is 1180 g/mol. The van der Waals surface area contributed by atoms with E-state index in [4.69, 9.17) is 20.2 Å². The molecule has 22 nitrogen and oxygen atoms in total. The second-order valence-corrected chi connectivity index (χ2v) is 22.0. The molecule has 0 bridgehead atoms. The van der Waals surface area contributed by atoms with Crippen LogP contribution < -0.4 is 32.3 Å². The third-order valence-electron chi connectivity index (χ3n) is 15.1. The van der Waals surface area contributed by atoms with Crippen LogP contribution in [0.5, 0.6) is 0 Å². The Morgan fingerprint density at radius 3 is 2.26 bits per heavy atom. The minimum Gasteiger partial charge on any atom is -0.445 e. The lowest BCUT2D eigenvalue weighted by Crippen LogP contribution is -2.54. The van der Waals surface area contributed by atoms with Crippen molar-refractivity contribution in [1.29, 1.82) is 0 Å². The minimum atomic E-state index is -1.62. The fourth-order valence-electron chi connectivity index (χ4n) is 10.5. The topological polar surface area (TPSA) is 289 Å². The quantitative estimate of drug-likeness (QED) is 0.0261. The lowest BCUT2D eigenvalue weighted by molar-refractivity contribution is -0.137.